The number of aromatic nitrogens is 4. The highest BCUT2D eigenvalue weighted by Gasteiger charge is 2.13. The van der Waals surface area contributed by atoms with E-state index in [1.807, 2.05) is 44.2 Å². The summed E-state index contributed by atoms with van der Waals surface area (Å²) in [6.45, 7) is 4.25. The highest BCUT2D eigenvalue weighted by atomic mass is 16.5. The summed E-state index contributed by atoms with van der Waals surface area (Å²) in [5, 5.41) is 4.57. The van der Waals surface area contributed by atoms with Crippen molar-refractivity contribution in [2.24, 2.45) is 0 Å². The molecular formula is C19H16N4O2. The van der Waals surface area contributed by atoms with Gasteiger partial charge in [0.25, 0.3) is 11.4 Å². The molecule has 0 unspecified atom stereocenters. The molecule has 6 nitrogen and oxygen atoms in total. The van der Waals surface area contributed by atoms with Gasteiger partial charge in [-0.05, 0) is 37.6 Å². The number of fused-ring (bicyclic) bond motifs is 1. The summed E-state index contributed by atoms with van der Waals surface area (Å²) in [7, 11) is 0. The van der Waals surface area contributed by atoms with Crippen molar-refractivity contribution in [2.75, 3.05) is 0 Å². The molecule has 0 aliphatic carbocycles. The van der Waals surface area contributed by atoms with Crippen molar-refractivity contribution >= 4 is 10.9 Å². The van der Waals surface area contributed by atoms with Crippen molar-refractivity contribution in [1.29, 1.82) is 0 Å². The molecular weight excluding hydrogens is 316 g/mol. The zero-order valence-corrected chi connectivity index (χ0v) is 13.9. The molecule has 2 aromatic heterocycles. The van der Waals surface area contributed by atoms with Gasteiger partial charge in [-0.25, -0.2) is 4.98 Å². The number of aryl methyl sites for hydroxylation is 2. The Hall–Kier alpha value is -3.28. The molecule has 124 valence electrons. The van der Waals surface area contributed by atoms with Gasteiger partial charge in [-0.2, -0.15) is 4.98 Å². The summed E-state index contributed by atoms with van der Waals surface area (Å²) in [5.41, 5.74) is 3.69. The molecule has 6 heteroatoms. The fourth-order valence-corrected chi connectivity index (χ4v) is 2.85. The fraction of sp³-hybridized carbons (Fsp3) is 0.158. The predicted octanol–water partition coefficient (Wildman–Crippen LogP) is 3.11. The Kier molecular flexibility index (Phi) is 3.65. The maximum atomic E-state index is 12.5. The van der Waals surface area contributed by atoms with Crippen LogP contribution in [-0.4, -0.2) is 19.7 Å². The molecule has 0 radical (unpaired) electrons. The molecule has 4 aromatic rings. The molecule has 0 spiro atoms. The molecule has 0 aliphatic heterocycles. The Balaban J connectivity index is 1.68. The van der Waals surface area contributed by atoms with Gasteiger partial charge < -0.3 is 4.52 Å². The summed E-state index contributed by atoms with van der Waals surface area (Å²) in [4.78, 5) is 21.3. The molecule has 0 N–H and O–H groups in total. The van der Waals surface area contributed by atoms with E-state index in [1.165, 1.54) is 16.5 Å². The smallest absolute Gasteiger partial charge is 0.261 e. The Labute approximate surface area is 143 Å². The molecule has 0 saturated carbocycles. The Morgan fingerprint density at radius 2 is 1.96 bits per heavy atom. The van der Waals surface area contributed by atoms with Crippen LogP contribution in [-0.2, 0) is 6.54 Å². The largest absolute Gasteiger partial charge is 0.334 e. The van der Waals surface area contributed by atoms with Gasteiger partial charge in [0.15, 0.2) is 5.82 Å². The summed E-state index contributed by atoms with van der Waals surface area (Å²) < 4.78 is 6.86. The minimum Gasteiger partial charge on any atom is -0.334 e. The third-order valence-electron chi connectivity index (χ3n) is 4.12. The Bertz CT molecular complexity index is 1130. The number of nitrogens with zero attached hydrogens (tertiary/aromatic N) is 4. The van der Waals surface area contributed by atoms with Gasteiger partial charge in [-0.1, -0.05) is 35.0 Å². The minimum atomic E-state index is -0.122. The van der Waals surface area contributed by atoms with Crippen LogP contribution in [0, 0.1) is 13.8 Å². The second-order valence-electron chi connectivity index (χ2n) is 6.03. The van der Waals surface area contributed by atoms with Crippen molar-refractivity contribution in [3.63, 3.8) is 0 Å². The quantitative estimate of drug-likeness (QED) is 0.576. The summed E-state index contributed by atoms with van der Waals surface area (Å²) in [5.74, 6) is 0.892. The number of benzene rings is 2. The van der Waals surface area contributed by atoms with Gasteiger partial charge in [-0.3, -0.25) is 9.36 Å². The Morgan fingerprint density at radius 1 is 1.12 bits per heavy atom. The van der Waals surface area contributed by atoms with Crippen LogP contribution in [0.4, 0.5) is 0 Å². The average Bonchev–Trinajstić information content (AvgIpc) is 3.06. The van der Waals surface area contributed by atoms with E-state index in [4.69, 9.17) is 4.52 Å². The standard InChI is InChI=1S/C19H16N4O2/c1-12-7-8-14(13(2)9-12)18-21-17(22-25-18)10-23-11-20-16-6-4-3-5-15(16)19(23)24/h3-9,11H,10H2,1-2H3. The molecule has 0 fully saturated rings. The van der Waals surface area contributed by atoms with Crippen LogP contribution in [0.3, 0.4) is 0 Å². The van der Waals surface area contributed by atoms with Gasteiger partial charge in [0.2, 0.25) is 0 Å². The second-order valence-corrected chi connectivity index (χ2v) is 6.03. The highest BCUT2D eigenvalue weighted by Crippen LogP contribution is 2.22. The first-order valence-electron chi connectivity index (χ1n) is 7.96. The van der Waals surface area contributed by atoms with Crippen LogP contribution in [0.1, 0.15) is 17.0 Å². The lowest BCUT2D eigenvalue weighted by atomic mass is 10.1. The number of rotatable bonds is 3. The van der Waals surface area contributed by atoms with Crippen molar-refractivity contribution in [3.8, 4) is 11.5 Å². The van der Waals surface area contributed by atoms with Crippen LogP contribution in [0.2, 0.25) is 0 Å². The maximum Gasteiger partial charge on any atom is 0.261 e. The van der Waals surface area contributed by atoms with Gasteiger partial charge in [0.05, 0.1) is 23.8 Å². The van der Waals surface area contributed by atoms with Gasteiger partial charge in [0.1, 0.15) is 0 Å². The van der Waals surface area contributed by atoms with E-state index < -0.39 is 0 Å². The second kappa shape index (κ2) is 5.98. The van der Waals surface area contributed by atoms with Gasteiger partial charge >= 0.3 is 0 Å². The first kappa shape index (κ1) is 15.3. The van der Waals surface area contributed by atoms with Crippen LogP contribution in [0.5, 0.6) is 0 Å². The molecule has 0 bridgehead atoms. The third kappa shape index (κ3) is 2.82. The van der Waals surface area contributed by atoms with E-state index in [9.17, 15) is 4.79 Å². The normalized spacial score (nSPS) is 11.1. The zero-order chi connectivity index (χ0) is 17.4. The summed E-state index contributed by atoms with van der Waals surface area (Å²) in [6, 6.07) is 13.3. The van der Waals surface area contributed by atoms with Gasteiger partial charge in [0, 0.05) is 5.56 Å². The van der Waals surface area contributed by atoms with Crippen LogP contribution in [0.15, 0.2) is 58.1 Å². The van der Waals surface area contributed by atoms with Gasteiger partial charge in [-0.15, -0.1) is 0 Å². The molecule has 0 aliphatic rings. The molecule has 25 heavy (non-hydrogen) atoms. The molecule has 0 amide bonds. The SMILES string of the molecule is Cc1ccc(-c2nc(Cn3cnc4ccccc4c3=O)no2)c(C)c1. The average molecular weight is 332 g/mol. The molecule has 4 rings (SSSR count). The Morgan fingerprint density at radius 3 is 2.80 bits per heavy atom. The zero-order valence-electron chi connectivity index (χ0n) is 13.9. The third-order valence-corrected chi connectivity index (χ3v) is 4.12. The molecule has 0 atom stereocenters. The van der Waals surface area contributed by atoms with Crippen LogP contribution >= 0.6 is 0 Å². The van der Waals surface area contributed by atoms with E-state index >= 15 is 0 Å². The van der Waals surface area contributed by atoms with Crippen molar-refractivity contribution in [2.45, 2.75) is 20.4 Å². The number of para-hydroxylation sites is 1. The van der Waals surface area contributed by atoms with Crippen LogP contribution < -0.4 is 5.56 Å². The number of hydrogen-bond donors (Lipinski definition) is 0. The lowest BCUT2D eigenvalue weighted by molar-refractivity contribution is 0.420. The predicted molar refractivity (Wildman–Crippen MR) is 94.3 cm³/mol. The van der Waals surface area contributed by atoms with E-state index in [0.29, 0.717) is 22.6 Å². The topological polar surface area (TPSA) is 73.8 Å². The van der Waals surface area contributed by atoms with Crippen molar-refractivity contribution in [3.05, 3.63) is 76.1 Å². The van der Waals surface area contributed by atoms with E-state index in [0.717, 1.165) is 11.1 Å². The molecule has 2 aromatic carbocycles. The summed E-state index contributed by atoms with van der Waals surface area (Å²) in [6.07, 6.45) is 1.51. The van der Waals surface area contributed by atoms with Crippen molar-refractivity contribution in [1.82, 2.24) is 19.7 Å². The fourth-order valence-electron chi connectivity index (χ4n) is 2.85. The highest BCUT2D eigenvalue weighted by molar-refractivity contribution is 5.76. The minimum absolute atomic E-state index is 0.122. The molecule has 2 heterocycles. The summed E-state index contributed by atoms with van der Waals surface area (Å²) >= 11 is 0. The van der Waals surface area contributed by atoms with Crippen LogP contribution in [0.25, 0.3) is 22.4 Å². The lowest BCUT2D eigenvalue weighted by Crippen LogP contribution is -2.21. The van der Waals surface area contributed by atoms with Crippen molar-refractivity contribution < 1.29 is 4.52 Å². The van der Waals surface area contributed by atoms with E-state index in [1.54, 1.807) is 6.07 Å². The lowest BCUT2D eigenvalue weighted by Gasteiger charge is -2.03. The monoisotopic (exact) mass is 332 g/mol. The van der Waals surface area contributed by atoms with E-state index in [2.05, 4.69) is 21.2 Å². The number of hydrogen-bond acceptors (Lipinski definition) is 5. The first-order valence-corrected chi connectivity index (χ1v) is 7.96. The molecule has 0 saturated heterocycles. The maximum absolute atomic E-state index is 12.5. The van der Waals surface area contributed by atoms with E-state index in [-0.39, 0.29) is 12.1 Å². The first-order chi connectivity index (χ1) is 12.1.